The van der Waals surface area contributed by atoms with Crippen molar-refractivity contribution in [1.29, 1.82) is 0 Å². The number of halogens is 3. The third kappa shape index (κ3) is 3.38. The van der Waals surface area contributed by atoms with Crippen molar-refractivity contribution in [3.63, 3.8) is 0 Å². The fraction of sp³-hybridized carbons (Fsp3) is 0.160. The number of alkyl halides is 3. The van der Waals surface area contributed by atoms with E-state index in [0.717, 1.165) is 17.0 Å². The summed E-state index contributed by atoms with van der Waals surface area (Å²) < 4.78 is 40.5. The van der Waals surface area contributed by atoms with Gasteiger partial charge in [0.2, 0.25) is 0 Å². The molecule has 5 rings (SSSR count). The zero-order valence-corrected chi connectivity index (χ0v) is 18.6. The van der Waals surface area contributed by atoms with Crippen molar-refractivity contribution < 1.29 is 27.6 Å². The van der Waals surface area contributed by atoms with Crippen molar-refractivity contribution in [3.8, 4) is 0 Å². The second-order valence-corrected chi connectivity index (χ2v) is 8.96. The molecular formula is C25H17F3N2O3S. The summed E-state index contributed by atoms with van der Waals surface area (Å²) >= 11 is 1.26. The lowest BCUT2D eigenvalue weighted by Gasteiger charge is -2.35. The number of hydrogen-bond acceptors (Lipinski definition) is 4. The molecule has 1 atom stereocenters. The minimum Gasteiger partial charge on any atom is -0.277 e. The third-order valence-electron chi connectivity index (χ3n) is 5.88. The first kappa shape index (κ1) is 22.2. The summed E-state index contributed by atoms with van der Waals surface area (Å²) in [5.41, 5.74) is -0.0167. The van der Waals surface area contributed by atoms with Crippen LogP contribution in [0, 0.1) is 0 Å². The van der Waals surface area contributed by atoms with E-state index in [-0.39, 0.29) is 23.2 Å². The predicted octanol–water partition coefficient (Wildman–Crippen LogP) is 5.91. The molecule has 2 heterocycles. The molecule has 0 fully saturated rings. The molecule has 172 valence electrons. The second-order valence-electron chi connectivity index (χ2n) is 7.87. The Kier molecular flexibility index (Phi) is 5.24. The highest BCUT2D eigenvalue weighted by Crippen LogP contribution is 2.50. The van der Waals surface area contributed by atoms with Crippen LogP contribution in [0.1, 0.15) is 39.6 Å². The normalized spacial score (nSPS) is 15.6. The van der Waals surface area contributed by atoms with Crippen LogP contribution in [0.2, 0.25) is 0 Å². The van der Waals surface area contributed by atoms with Gasteiger partial charge < -0.3 is 0 Å². The number of rotatable bonds is 3. The van der Waals surface area contributed by atoms with Gasteiger partial charge in [0.25, 0.3) is 17.7 Å². The average Bonchev–Trinajstić information content (AvgIpc) is 3.07. The molecule has 5 nitrogen and oxygen atoms in total. The molecule has 0 saturated heterocycles. The molecule has 0 aliphatic carbocycles. The molecule has 0 aromatic heterocycles. The van der Waals surface area contributed by atoms with Crippen molar-refractivity contribution in [2.24, 2.45) is 0 Å². The molecule has 9 heteroatoms. The lowest BCUT2D eigenvalue weighted by Crippen LogP contribution is -2.50. The molecule has 0 unspecified atom stereocenters. The third-order valence-corrected chi connectivity index (χ3v) is 7.01. The SMILES string of the molecule is CC[C@@H](C(=O)N1c2ccccc2Sc2ccc(C(F)(F)F)cc21)N1C(=O)c2ccccc2C1=O. The van der Waals surface area contributed by atoms with Gasteiger partial charge in [0.15, 0.2) is 0 Å². The average molecular weight is 482 g/mol. The largest absolute Gasteiger partial charge is 0.416 e. The van der Waals surface area contributed by atoms with Crippen LogP contribution in [0.25, 0.3) is 0 Å². The fourth-order valence-corrected chi connectivity index (χ4v) is 5.31. The van der Waals surface area contributed by atoms with Crippen LogP contribution in [0.15, 0.2) is 76.5 Å². The number of para-hydroxylation sites is 1. The Morgan fingerprint density at radius 2 is 1.47 bits per heavy atom. The summed E-state index contributed by atoms with van der Waals surface area (Å²) in [5.74, 6) is -1.83. The zero-order valence-electron chi connectivity index (χ0n) is 17.8. The highest BCUT2D eigenvalue weighted by Gasteiger charge is 2.45. The molecule has 0 bridgehead atoms. The number of carbonyl (C=O) groups excluding carboxylic acids is 3. The molecule has 3 amide bonds. The first-order valence-electron chi connectivity index (χ1n) is 10.5. The van der Waals surface area contributed by atoms with Gasteiger partial charge in [-0.1, -0.05) is 43.0 Å². The number of nitrogens with zero attached hydrogens (tertiary/aromatic N) is 2. The maximum Gasteiger partial charge on any atom is 0.416 e. The van der Waals surface area contributed by atoms with E-state index in [1.165, 1.54) is 34.9 Å². The van der Waals surface area contributed by atoms with Gasteiger partial charge in [-0.3, -0.25) is 24.2 Å². The van der Waals surface area contributed by atoms with Crippen molar-refractivity contribution in [1.82, 2.24) is 4.90 Å². The first-order chi connectivity index (χ1) is 16.2. The van der Waals surface area contributed by atoms with Crippen LogP contribution >= 0.6 is 11.8 Å². The minimum absolute atomic E-state index is 0.0681. The molecule has 0 saturated carbocycles. The monoisotopic (exact) mass is 482 g/mol. The summed E-state index contributed by atoms with van der Waals surface area (Å²) in [6.07, 6.45) is -4.50. The smallest absolute Gasteiger partial charge is 0.277 e. The highest BCUT2D eigenvalue weighted by atomic mass is 32.2. The Bertz CT molecular complexity index is 1320. The van der Waals surface area contributed by atoms with Crippen molar-refractivity contribution in [3.05, 3.63) is 83.4 Å². The van der Waals surface area contributed by atoms with Gasteiger partial charge in [-0.2, -0.15) is 13.2 Å². The lowest BCUT2D eigenvalue weighted by molar-refractivity contribution is -0.137. The number of imide groups is 1. The predicted molar refractivity (Wildman–Crippen MR) is 120 cm³/mol. The number of benzene rings is 3. The molecule has 0 N–H and O–H groups in total. The molecular weight excluding hydrogens is 465 g/mol. The second kappa shape index (κ2) is 8.02. The van der Waals surface area contributed by atoms with Gasteiger partial charge in [0.05, 0.1) is 28.1 Å². The number of carbonyl (C=O) groups is 3. The van der Waals surface area contributed by atoms with E-state index in [2.05, 4.69) is 0 Å². The number of fused-ring (bicyclic) bond motifs is 3. The summed E-state index contributed by atoms with van der Waals surface area (Å²) in [4.78, 5) is 43.3. The molecule has 2 aliphatic heterocycles. The van der Waals surface area contributed by atoms with E-state index in [9.17, 15) is 27.6 Å². The van der Waals surface area contributed by atoms with Gasteiger partial charge in [-0.05, 0) is 48.9 Å². The Morgan fingerprint density at radius 3 is 2.09 bits per heavy atom. The standard InChI is InChI=1S/C25H17F3N2O3S/c1-2-17(30-22(31)15-7-3-4-8-16(15)23(30)32)24(33)29-18-9-5-6-10-20(18)34-21-12-11-14(13-19(21)29)25(26,27)28/h3-13,17H,2H2,1H3/t17-/m0/s1. The maximum atomic E-state index is 13.9. The first-order valence-corrected chi connectivity index (χ1v) is 11.3. The topological polar surface area (TPSA) is 57.7 Å². The van der Waals surface area contributed by atoms with Gasteiger partial charge in [-0.25, -0.2) is 0 Å². The molecule has 0 spiro atoms. The number of anilines is 2. The molecule has 3 aromatic carbocycles. The van der Waals surface area contributed by atoms with Crippen LogP contribution in [0.5, 0.6) is 0 Å². The Morgan fingerprint density at radius 1 is 0.882 bits per heavy atom. The summed E-state index contributed by atoms with van der Waals surface area (Å²) in [6, 6.07) is 15.2. The van der Waals surface area contributed by atoms with Crippen molar-refractivity contribution in [2.45, 2.75) is 35.4 Å². The van der Waals surface area contributed by atoms with Crippen molar-refractivity contribution in [2.75, 3.05) is 4.90 Å². The van der Waals surface area contributed by atoms with E-state index in [0.29, 0.717) is 15.5 Å². The molecule has 34 heavy (non-hydrogen) atoms. The highest BCUT2D eigenvalue weighted by molar-refractivity contribution is 7.99. The van der Waals surface area contributed by atoms with Gasteiger partial charge >= 0.3 is 6.18 Å². The number of amides is 3. The van der Waals surface area contributed by atoms with Gasteiger partial charge in [-0.15, -0.1) is 0 Å². The molecule has 3 aromatic rings. The van der Waals surface area contributed by atoms with Gasteiger partial charge in [0, 0.05) is 9.79 Å². The Labute approximate surface area is 197 Å². The van der Waals surface area contributed by atoms with Crippen LogP contribution < -0.4 is 4.90 Å². The minimum atomic E-state index is -4.60. The van der Waals surface area contributed by atoms with E-state index in [1.54, 1.807) is 43.3 Å². The zero-order chi connectivity index (χ0) is 24.2. The molecule has 2 aliphatic rings. The van der Waals surface area contributed by atoms with Crippen LogP contribution in [0.3, 0.4) is 0 Å². The summed E-state index contributed by atoms with van der Waals surface area (Å²) in [7, 11) is 0. The summed E-state index contributed by atoms with van der Waals surface area (Å²) in [5, 5.41) is 0. The number of hydrogen-bond donors (Lipinski definition) is 0. The van der Waals surface area contributed by atoms with Crippen LogP contribution in [-0.4, -0.2) is 28.7 Å². The Hall–Kier alpha value is -3.59. The Balaban J connectivity index is 1.62. The van der Waals surface area contributed by atoms with E-state index >= 15 is 0 Å². The van der Waals surface area contributed by atoms with E-state index in [4.69, 9.17) is 0 Å². The quantitative estimate of drug-likeness (QED) is 0.436. The van der Waals surface area contributed by atoms with E-state index < -0.39 is 35.5 Å². The summed E-state index contributed by atoms with van der Waals surface area (Å²) in [6.45, 7) is 1.66. The lowest BCUT2D eigenvalue weighted by atomic mass is 10.1. The van der Waals surface area contributed by atoms with E-state index in [1.807, 2.05) is 0 Å². The van der Waals surface area contributed by atoms with Crippen molar-refractivity contribution >= 4 is 40.9 Å². The fourth-order valence-electron chi connectivity index (χ4n) is 4.28. The van der Waals surface area contributed by atoms with Gasteiger partial charge in [0.1, 0.15) is 6.04 Å². The maximum absolute atomic E-state index is 13.9. The molecule has 0 radical (unpaired) electrons. The van der Waals surface area contributed by atoms with Crippen LogP contribution in [0.4, 0.5) is 24.5 Å². The van der Waals surface area contributed by atoms with Crippen LogP contribution in [-0.2, 0) is 11.0 Å².